The lowest BCUT2D eigenvalue weighted by Gasteiger charge is -2.26. The zero-order valence-corrected chi connectivity index (χ0v) is 8.16. The molecule has 13 heavy (non-hydrogen) atoms. The number of carbonyl (C=O) groups excluding carboxylic acids is 1. The molecule has 1 unspecified atom stereocenters. The number of hydrogen-bond acceptors (Lipinski definition) is 4. The van der Waals surface area contributed by atoms with Crippen LogP contribution in [0.5, 0.6) is 0 Å². The van der Waals surface area contributed by atoms with Gasteiger partial charge in [0.25, 0.3) is 0 Å². The summed E-state index contributed by atoms with van der Waals surface area (Å²) in [6.45, 7) is 5.04. The van der Waals surface area contributed by atoms with Crippen molar-refractivity contribution in [2.24, 2.45) is 11.7 Å². The van der Waals surface area contributed by atoms with Crippen LogP contribution in [-0.2, 0) is 14.3 Å². The highest BCUT2D eigenvalue weighted by molar-refractivity contribution is 5.70. The van der Waals surface area contributed by atoms with Gasteiger partial charge in [-0.25, -0.2) is 0 Å². The molecule has 1 rings (SSSR count). The van der Waals surface area contributed by atoms with Crippen LogP contribution in [0.3, 0.4) is 0 Å². The highest BCUT2D eigenvalue weighted by atomic mass is 16.6. The van der Waals surface area contributed by atoms with E-state index in [1.165, 1.54) is 0 Å². The lowest BCUT2D eigenvalue weighted by atomic mass is 10.0. The highest BCUT2D eigenvalue weighted by Crippen LogP contribution is 2.09. The third-order valence-electron chi connectivity index (χ3n) is 2.16. The van der Waals surface area contributed by atoms with Crippen LogP contribution in [0.2, 0.25) is 0 Å². The van der Waals surface area contributed by atoms with Gasteiger partial charge in [-0.05, 0) is 5.92 Å². The molecule has 76 valence electrons. The number of rotatable bonds is 4. The Morgan fingerprint density at radius 1 is 1.62 bits per heavy atom. The number of nitrogens with two attached hydrogens (primary N) is 1. The molecular weight excluding hydrogens is 170 g/mol. The summed E-state index contributed by atoms with van der Waals surface area (Å²) in [5.74, 6) is 0.0969. The molecule has 0 saturated carbocycles. The molecule has 1 saturated heterocycles. The Kier molecular flexibility index (Phi) is 3.69. The van der Waals surface area contributed by atoms with Gasteiger partial charge in [0.15, 0.2) is 0 Å². The maximum atomic E-state index is 11.2. The Bertz CT molecular complexity index is 178. The van der Waals surface area contributed by atoms with Crippen LogP contribution in [0, 0.1) is 5.92 Å². The standard InChI is InChI=1S/C9H17NO3/c1-6(2)8(10)3-9(11)13-7-4-12-5-7/h6-8H,3-5,10H2,1-2H3. The molecule has 4 nitrogen and oxygen atoms in total. The monoisotopic (exact) mass is 187 g/mol. The average molecular weight is 187 g/mol. The summed E-state index contributed by atoms with van der Waals surface area (Å²) in [4.78, 5) is 11.2. The molecule has 0 aromatic carbocycles. The van der Waals surface area contributed by atoms with Crippen molar-refractivity contribution in [3.05, 3.63) is 0 Å². The molecule has 0 spiro atoms. The van der Waals surface area contributed by atoms with Gasteiger partial charge in [0.05, 0.1) is 19.6 Å². The largest absolute Gasteiger partial charge is 0.457 e. The van der Waals surface area contributed by atoms with E-state index >= 15 is 0 Å². The van der Waals surface area contributed by atoms with Crippen LogP contribution in [0.15, 0.2) is 0 Å². The molecule has 1 heterocycles. The minimum Gasteiger partial charge on any atom is -0.457 e. The third-order valence-corrected chi connectivity index (χ3v) is 2.16. The van der Waals surface area contributed by atoms with E-state index in [4.69, 9.17) is 15.2 Å². The van der Waals surface area contributed by atoms with E-state index in [-0.39, 0.29) is 18.1 Å². The van der Waals surface area contributed by atoms with Crippen LogP contribution in [0.4, 0.5) is 0 Å². The molecule has 2 N–H and O–H groups in total. The van der Waals surface area contributed by atoms with Gasteiger partial charge in [-0.15, -0.1) is 0 Å². The summed E-state index contributed by atoms with van der Waals surface area (Å²) < 4.78 is 9.94. The van der Waals surface area contributed by atoms with Crippen molar-refractivity contribution in [1.82, 2.24) is 0 Å². The fourth-order valence-electron chi connectivity index (χ4n) is 0.944. The Balaban J connectivity index is 2.16. The Morgan fingerprint density at radius 3 is 2.62 bits per heavy atom. The van der Waals surface area contributed by atoms with Crippen molar-refractivity contribution >= 4 is 5.97 Å². The fraction of sp³-hybridized carbons (Fsp3) is 0.889. The summed E-state index contributed by atoms with van der Waals surface area (Å²) in [6, 6.07) is -0.103. The quantitative estimate of drug-likeness (QED) is 0.643. The van der Waals surface area contributed by atoms with E-state index in [9.17, 15) is 4.79 Å². The molecule has 1 atom stereocenters. The average Bonchev–Trinajstić information content (AvgIpc) is 1.96. The van der Waals surface area contributed by atoms with Gasteiger partial charge in [0.1, 0.15) is 6.10 Å². The van der Waals surface area contributed by atoms with Crippen LogP contribution in [0.25, 0.3) is 0 Å². The van der Waals surface area contributed by atoms with Crippen molar-refractivity contribution in [2.45, 2.75) is 32.4 Å². The van der Waals surface area contributed by atoms with Crippen LogP contribution >= 0.6 is 0 Å². The minimum absolute atomic E-state index is 0.0353. The molecule has 0 bridgehead atoms. The molecule has 4 heteroatoms. The van der Waals surface area contributed by atoms with Crippen LogP contribution < -0.4 is 5.73 Å². The van der Waals surface area contributed by atoms with Gasteiger partial charge in [0, 0.05) is 6.04 Å². The third kappa shape index (κ3) is 3.32. The van der Waals surface area contributed by atoms with E-state index in [1.54, 1.807) is 0 Å². The van der Waals surface area contributed by atoms with Crippen molar-refractivity contribution in [2.75, 3.05) is 13.2 Å². The maximum Gasteiger partial charge on any atom is 0.307 e. The van der Waals surface area contributed by atoms with Gasteiger partial charge in [-0.1, -0.05) is 13.8 Å². The van der Waals surface area contributed by atoms with Crippen LogP contribution in [-0.4, -0.2) is 31.3 Å². The van der Waals surface area contributed by atoms with Gasteiger partial charge < -0.3 is 15.2 Å². The van der Waals surface area contributed by atoms with E-state index in [1.807, 2.05) is 13.8 Å². The van der Waals surface area contributed by atoms with E-state index in [0.717, 1.165) is 0 Å². The molecule has 0 amide bonds. The summed E-state index contributed by atoms with van der Waals surface area (Å²) >= 11 is 0. The molecule has 0 aromatic rings. The first-order valence-electron chi connectivity index (χ1n) is 4.62. The second-order valence-corrected chi connectivity index (χ2v) is 3.76. The first kappa shape index (κ1) is 10.5. The van der Waals surface area contributed by atoms with Crippen molar-refractivity contribution in [1.29, 1.82) is 0 Å². The Hall–Kier alpha value is -0.610. The zero-order valence-electron chi connectivity index (χ0n) is 8.16. The highest BCUT2D eigenvalue weighted by Gasteiger charge is 2.24. The summed E-state index contributed by atoms with van der Waals surface area (Å²) in [6.07, 6.45) is 0.264. The van der Waals surface area contributed by atoms with E-state index in [0.29, 0.717) is 25.6 Å². The van der Waals surface area contributed by atoms with Gasteiger partial charge in [0.2, 0.25) is 0 Å². The number of carbonyl (C=O) groups is 1. The first-order chi connectivity index (χ1) is 6.09. The lowest BCUT2D eigenvalue weighted by Crippen LogP contribution is -2.39. The van der Waals surface area contributed by atoms with Crippen molar-refractivity contribution < 1.29 is 14.3 Å². The molecule has 1 aliphatic heterocycles. The maximum absolute atomic E-state index is 11.2. The van der Waals surface area contributed by atoms with Crippen LogP contribution in [0.1, 0.15) is 20.3 Å². The normalized spacial score (nSPS) is 19.7. The second kappa shape index (κ2) is 4.58. The molecule has 0 aromatic heterocycles. The summed E-state index contributed by atoms with van der Waals surface area (Å²) in [7, 11) is 0. The van der Waals surface area contributed by atoms with E-state index in [2.05, 4.69) is 0 Å². The summed E-state index contributed by atoms with van der Waals surface area (Å²) in [5, 5.41) is 0. The molecule has 0 aliphatic carbocycles. The predicted octanol–water partition coefficient (Wildman–Crippen LogP) is 0.302. The summed E-state index contributed by atoms with van der Waals surface area (Å²) in [5.41, 5.74) is 5.72. The first-order valence-corrected chi connectivity index (χ1v) is 4.62. The fourth-order valence-corrected chi connectivity index (χ4v) is 0.944. The smallest absolute Gasteiger partial charge is 0.307 e. The van der Waals surface area contributed by atoms with Crippen molar-refractivity contribution in [3.8, 4) is 0 Å². The minimum atomic E-state index is -0.213. The molecule has 1 aliphatic rings. The Labute approximate surface area is 78.4 Å². The number of ether oxygens (including phenoxy) is 2. The second-order valence-electron chi connectivity index (χ2n) is 3.76. The zero-order chi connectivity index (χ0) is 9.84. The van der Waals surface area contributed by atoms with Gasteiger partial charge >= 0.3 is 5.97 Å². The van der Waals surface area contributed by atoms with Crippen molar-refractivity contribution in [3.63, 3.8) is 0 Å². The van der Waals surface area contributed by atoms with Gasteiger partial charge in [-0.3, -0.25) is 4.79 Å². The molecular formula is C9H17NO3. The molecule has 0 radical (unpaired) electrons. The number of hydrogen-bond donors (Lipinski definition) is 1. The Morgan fingerprint density at radius 2 is 2.23 bits per heavy atom. The lowest BCUT2D eigenvalue weighted by molar-refractivity contribution is -0.172. The SMILES string of the molecule is CC(C)C(N)CC(=O)OC1COC1. The topological polar surface area (TPSA) is 61.6 Å². The molecule has 1 fully saturated rings. The van der Waals surface area contributed by atoms with Gasteiger partial charge in [-0.2, -0.15) is 0 Å². The predicted molar refractivity (Wildman–Crippen MR) is 48.1 cm³/mol. The number of esters is 1. The van der Waals surface area contributed by atoms with E-state index < -0.39 is 0 Å².